The summed E-state index contributed by atoms with van der Waals surface area (Å²) in [6.45, 7) is 45.4. The number of nitrogens with zero attached hydrogens (tertiary/aromatic N) is 2. The lowest BCUT2D eigenvalue weighted by Gasteiger charge is -2.46. The van der Waals surface area contributed by atoms with Gasteiger partial charge in [-0.05, 0) is 196 Å². The molecule has 0 atom stereocenters. The van der Waals surface area contributed by atoms with Gasteiger partial charge in [0.05, 0.1) is 5.69 Å². The van der Waals surface area contributed by atoms with Crippen LogP contribution >= 0.6 is 0 Å². The van der Waals surface area contributed by atoms with Crippen molar-refractivity contribution in [2.45, 2.75) is 182 Å². The molecular weight excluding hydrogens is 880 g/mol. The van der Waals surface area contributed by atoms with Crippen LogP contribution in [0.5, 0.6) is 0 Å². The topological polar surface area (TPSA) is 6.48 Å². The van der Waals surface area contributed by atoms with Crippen molar-refractivity contribution in [3.63, 3.8) is 0 Å². The number of hydrogen-bond donors (Lipinski definition) is 0. The number of fused-ring (bicyclic) bond motifs is 6. The van der Waals surface area contributed by atoms with Crippen LogP contribution in [0.1, 0.15) is 181 Å². The molecule has 7 aromatic rings. The van der Waals surface area contributed by atoms with Crippen LogP contribution in [0.15, 0.2) is 121 Å². The quantitative estimate of drug-likeness (QED) is 0.162. The van der Waals surface area contributed by atoms with Gasteiger partial charge in [0.1, 0.15) is 0 Å². The fourth-order valence-electron chi connectivity index (χ4n) is 14.6. The predicted molar refractivity (Wildman–Crippen MR) is 318 cm³/mol. The van der Waals surface area contributed by atoms with Gasteiger partial charge in [-0.1, -0.05) is 190 Å². The van der Waals surface area contributed by atoms with Crippen LogP contribution in [0.25, 0.3) is 22.3 Å². The first-order chi connectivity index (χ1) is 33.9. The van der Waals surface area contributed by atoms with Crippen LogP contribution in [0.4, 0.5) is 34.1 Å². The van der Waals surface area contributed by atoms with E-state index in [0.717, 1.165) is 12.8 Å². The molecule has 374 valence electrons. The second-order valence-electron chi connectivity index (χ2n) is 28.7. The molecule has 11 rings (SSSR count). The summed E-state index contributed by atoms with van der Waals surface area (Å²) < 4.78 is 0. The van der Waals surface area contributed by atoms with Gasteiger partial charge in [-0.3, -0.25) is 0 Å². The van der Waals surface area contributed by atoms with Gasteiger partial charge in [0, 0.05) is 34.0 Å². The van der Waals surface area contributed by atoms with Crippen molar-refractivity contribution >= 4 is 57.2 Å². The molecule has 7 aromatic carbocycles. The third-order valence-corrected chi connectivity index (χ3v) is 18.0. The fourth-order valence-corrected chi connectivity index (χ4v) is 14.6. The molecule has 0 N–H and O–H groups in total. The number of benzene rings is 7. The smallest absolute Gasteiger partial charge is 0.252 e. The molecule has 0 radical (unpaired) electrons. The summed E-state index contributed by atoms with van der Waals surface area (Å²) in [7, 11) is 0. The van der Waals surface area contributed by atoms with Crippen molar-refractivity contribution in [2.75, 3.05) is 9.80 Å². The third kappa shape index (κ3) is 7.79. The SMILES string of the molecule is Cc1cccc(C)c1-c1cc2c3c(c1)N(c1ccc(C(C)(C)C)cc1-c1ccc(C(C)(C)C)cc1)c1ccc(C(C)(C)C)cc1B3c1cc3c(cc1N2c1ccc2c(c1)C(C)(C)CC2(C)C)C(C)(C)CC3(C)C. The molecular formula is C70H81BN2. The Labute approximate surface area is 440 Å². The molecule has 0 spiro atoms. The molecule has 0 aromatic heterocycles. The van der Waals surface area contributed by atoms with Crippen molar-refractivity contribution in [3.05, 3.63) is 171 Å². The van der Waals surface area contributed by atoms with Gasteiger partial charge in [0.15, 0.2) is 0 Å². The highest BCUT2D eigenvalue weighted by Crippen LogP contribution is 2.56. The highest BCUT2D eigenvalue weighted by atomic mass is 15.2. The first kappa shape index (κ1) is 49.4. The zero-order valence-corrected chi connectivity index (χ0v) is 47.9. The van der Waals surface area contributed by atoms with Crippen molar-refractivity contribution < 1.29 is 0 Å². The largest absolute Gasteiger partial charge is 0.311 e. The summed E-state index contributed by atoms with van der Waals surface area (Å²) in [6.07, 6.45) is 2.24. The van der Waals surface area contributed by atoms with E-state index in [1.165, 1.54) is 123 Å². The second-order valence-corrected chi connectivity index (χ2v) is 28.7. The Kier molecular flexibility index (Phi) is 10.7. The highest BCUT2D eigenvalue weighted by Gasteiger charge is 2.49. The Morgan fingerprint density at radius 3 is 1.45 bits per heavy atom. The van der Waals surface area contributed by atoms with Gasteiger partial charge in [-0.15, -0.1) is 0 Å². The molecule has 3 heteroatoms. The van der Waals surface area contributed by atoms with Crippen LogP contribution in [-0.4, -0.2) is 6.71 Å². The van der Waals surface area contributed by atoms with E-state index in [1.807, 2.05) is 0 Å². The Balaban J connectivity index is 1.31. The maximum atomic E-state index is 2.72. The molecule has 2 nitrogen and oxygen atoms in total. The van der Waals surface area contributed by atoms with Crippen LogP contribution < -0.4 is 26.2 Å². The molecule has 0 saturated carbocycles. The van der Waals surface area contributed by atoms with E-state index in [1.54, 1.807) is 0 Å². The van der Waals surface area contributed by atoms with Crippen LogP contribution in [-0.2, 0) is 37.9 Å². The lowest BCUT2D eigenvalue weighted by Crippen LogP contribution is -2.61. The van der Waals surface area contributed by atoms with E-state index in [-0.39, 0.29) is 44.6 Å². The van der Waals surface area contributed by atoms with Gasteiger partial charge in [0.2, 0.25) is 0 Å². The molecule has 0 saturated heterocycles. The minimum absolute atomic E-state index is 0.00482. The van der Waals surface area contributed by atoms with E-state index in [0.29, 0.717) is 0 Å². The van der Waals surface area contributed by atoms with E-state index in [2.05, 4.69) is 263 Å². The monoisotopic (exact) mass is 961 g/mol. The van der Waals surface area contributed by atoms with Crippen LogP contribution in [0, 0.1) is 13.8 Å². The average molecular weight is 961 g/mol. The molecule has 2 heterocycles. The minimum atomic E-state index is -0.0536. The average Bonchev–Trinajstić information content (AvgIpc) is 3.60. The molecule has 2 aliphatic heterocycles. The van der Waals surface area contributed by atoms with E-state index in [9.17, 15) is 0 Å². The molecule has 73 heavy (non-hydrogen) atoms. The van der Waals surface area contributed by atoms with Crippen molar-refractivity contribution in [2.24, 2.45) is 0 Å². The zero-order chi connectivity index (χ0) is 52.5. The number of anilines is 6. The summed E-state index contributed by atoms with van der Waals surface area (Å²) >= 11 is 0. The Morgan fingerprint density at radius 1 is 0.397 bits per heavy atom. The highest BCUT2D eigenvalue weighted by molar-refractivity contribution is 7.00. The molecule has 0 amide bonds. The van der Waals surface area contributed by atoms with Gasteiger partial charge in [-0.2, -0.15) is 0 Å². The molecule has 2 aliphatic carbocycles. The summed E-state index contributed by atoms with van der Waals surface area (Å²) in [5, 5.41) is 0. The van der Waals surface area contributed by atoms with Crippen molar-refractivity contribution in [3.8, 4) is 22.3 Å². The minimum Gasteiger partial charge on any atom is -0.311 e. The van der Waals surface area contributed by atoms with E-state index in [4.69, 9.17) is 0 Å². The summed E-state index contributed by atoms with van der Waals surface area (Å²) in [6, 6.07) is 49.2. The fraction of sp³-hybridized carbons (Fsp3) is 0.400. The maximum absolute atomic E-state index is 2.72. The second kappa shape index (κ2) is 15.9. The number of aryl methyl sites for hydroxylation is 2. The summed E-state index contributed by atoms with van der Waals surface area (Å²) in [5.74, 6) is 0. The summed E-state index contributed by atoms with van der Waals surface area (Å²) in [4.78, 5) is 5.41. The van der Waals surface area contributed by atoms with Gasteiger partial charge in [-0.25, -0.2) is 0 Å². The van der Waals surface area contributed by atoms with Gasteiger partial charge >= 0.3 is 0 Å². The first-order valence-electron chi connectivity index (χ1n) is 27.5. The molecule has 0 fully saturated rings. The number of rotatable bonds is 4. The normalized spacial score (nSPS) is 17.8. The van der Waals surface area contributed by atoms with Gasteiger partial charge < -0.3 is 9.80 Å². The lowest BCUT2D eigenvalue weighted by molar-refractivity contribution is 0.403. The summed E-state index contributed by atoms with van der Waals surface area (Å²) in [5.41, 5.74) is 29.5. The van der Waals surface area contributed by atoms with Crippen LogP contribution in [0.2, 0.25) is 0 Å². The van der Waals surface area contributed by atoms with Crippen molar-refractivity contribution in [1.82, 2.24) is 0 Å². The Morgan fingerprint density at radius 2 is 0.877 bits per heavy atom. The molecule has 4 aliphatic rings. The van der Waals surface area contributed by atoms with Gasteiger partial charge in [0.25, 0.3) is 6.71 Å². The zero-order valence-electron chi connectivity index (χ0n) is 47.9. The van der Waals surface area contributed by atoms with E-state index >= 15 is 0 Å². The lowest BCUT2D eigenvalue weighted by atomic mass is 9.33. The first-order valence-corrected chi connectivity index (χ1v) is 27.5. The Hall–Kier alpha value is -5.80. The predicted octanol–water partition coefficient (Wildman–Crippen LogP) is 17.5. The molecule has 0 bridgehead atoms. The number of hydrogen-bond acceptors (Lipinski definition) is 2. The maximum Gasteiger partial charge on any atom is 0.252 e. The Bertz CT molecular complexity index is 3410. The third-order valence-electron chi connectivity index (χ3n) is 18.0. The van der Waals surface area contributed by atoms with Crippen LogP contribution in [0.3, 0.4) is 0 Å². The molecule has 0 unspecified atom stereocenters. The van der Waals surface area contributed by atoms with E-state index < -0.39 is 0 Å². The van der Waals surface area contributed by atoms with Crippen molar-refractivity contribution in [1.29, 1.82) is 0 Å². The standard InChI is InChI=1S/C70H81BN2/c1-42-21-20-22-43(2)62(42)45-33-60-63-61(34-45)73(57-31-27-47(65(6,7)8)35-50(57)44-23-25-46(26-24-44)64(3,4)5)58-32-28-48(66(9,10)11)36-55(58)71(63)56-38-53-54(70(18,19)41-69(53,16)17)39-59(56)72(60)49-29-30-51-52(37-49)68(14,15)40-67(51,12)13/h20-39H,40-41H2,1-19H3.